The van der Waals surface area contributed by atoms with Crippen molar-refractivity contribution in [2.24, 2.45) is 0 Å². The Balaban J connectivity index is 0.000000210. The van der Waals surface area contributed by atoms with Crippen LogP contribution in [-0.2, 0) is 5.60 Å². The fourth-order valence-corrected chi connectivity index (χ4v) is 6.22. The number of carbonyl (C=O) groups is 1. The molecule has 0 saturated heterocycles. The number of nitrogens with zero attached hydrogens (tertiary/aromatic N) is 7. The van der Waals surface area contributed by atoms with Crippen LogP contribution in [0.3, 0.4) is 0 Å². The summed E-state index contributed by atoms with van der Waals surface area (Å²) in [5.74, 6) is -0.612. The average Bonchev–Trinajstić information content (AvgIpc) is 3.89. The molecule has 0 radical (unpaired) electrons. The molecule has 1 unspecified atom stereocenters. The Labute approximate surface area is 334 Å². The molecule has 0 spiro atoms. The van der Waals surface area contributed by atoms with Crippen LogP contribution in [0.15, 0.2) is 122 Å². The molecule has 1 N–H and O–H groups in total. The largest absolute Gasteiger partial charge is 1.00 e. The third-order valence-corrected chi connectivity index (χ3v) is 9.62. The van der Waals surface area contributed by atoms with Gasteiger partial charge in [-0.15, -0.1) is 20.4 Å². The van der Waals surface area contributed by atoms with Gasteiger partial charge in [0, 0.05) is 45.9 Å². The number of aromatic nitrogens is 7. The summed E-state index contributed by atoms with van der Waals surface area (Å²) in [5.41, 5.74) is 1.08. The number of hydrogen-bond acceptors (Lipinski definition) is 11. The van der Waals surface area contributed by atoms with E-state index in [1.54, 1.807) is 92.6 Å². The zero-order valence-corrected chi connectivity index (χ0v) is 32.2. The summed E-state index contributed by atoms with van der Waals surface area (Å²) < 4.78 is 26.9. The molecule has 0 aliphatic carbocycles. The van der Waals surface area contributed by atoms with Gasteiger partial charge in [0.2, 0.25) is 0 Å². The first kappa shape index (κ1) is 42.2. The summed E-state index contributed by atoms with van der Waals surface area (Å²) in [6.45, 7) is 3.67. The maximum Gasteiger partial charge on any atom is 1.00 e. The first-order valence-corrected chi connectivity index (χ1v) is 18.1. The van der Waals surface area contributed by atoms with Crippen LogP contribution in [0, 0.1) is 21.3 Å². The van der Waals surface area contributed by atoms with Crippen LogP contribution in [0.4, 0.5) is 8.78 Å². The second-order valence-electron chi connectivity index (χ2n) is 10.2. The Morgan fingerprint density at radius 2 is 1.19 bits per heavy atom. The molecule has 0 amide bonds. The molecular formula is C37H31F2ILiN7O2S2. The number of halogens is 3. The number of aliphatic hydroxyl groups is 1. The monoisotopic (exact) mass is 841 g/mol. The number of rotatable bonds is 7. The van der Waals surface area contributed by atoms with Gasteiger partial charge in [0.1, 0.15) is 27.3 Å². The quantitative estimate of drug-likeness (QED) is 0.0905. The third-order valence-electron chi connectivity index (χ3n) is 6.77. The Morgan fingerprint density at radius 3 is 1.62 bits per heavy atom. The topological polar surface area (TPSA) is 128 Å². The van der Waals surface area contributed by atoms with Crippen LogP contribution < -0.4 is 18.9 Å². The van der Waals surface area contributed by atoms with Crippen LogP contribution in [0.5, 0.6) is 0 Å². The van der Waals surface area contributed by atoms with Crippen molar-refractivity contribution >= 4 is 51.0 Å². The van der Waals surface area contributed by atoms with E-state index in [1.807, 2.05) is 19.1 Å². The Morgan fingerprint density at radius 1 is 0.712 bits per heavy atom. The van der Waals surface area contributed by atoms with E-state index in [1.165, 1.54) is 50.5 Å². The van der Waals surface area contributed by atoms with E-state index in [4.69, 9.17) is 0 Å². The minimum atomic E-state index is -1.20. The second-order valence-corrected chi connectivity index (χ2v) is 13.4. The molecule has 5 aromatic heterocycles. The van der Waals surface area contributed by atoms with Crippen LogP contribution in [-0.4, -0.2) is 46.2 Å². The normalized spacial score (nSPS) is 11.1. The van der Waals surface area contributed by atoms with Gasteiger partial charge in [-0.3, -0.25) is 14.8 Å². The van der Waals surface area contributed by atoms with E-state index < -0.39 is 5.60 Å². The van der Waals surface area contributed by atoms with E-state index in [0.717, 1.165) is 16.7 Å². The number of benzene rings is 2. The van der Waals surface area contributed by atoms with Gasteiger partial charge in [0.25, 0.3) is 0 Å². The molecule has 0 fully saturated rings. The standard InChI is InChI=1S/C16H14FN3OS.C11H9FN2OS.C5H4IN.C5H4N.Li/c1-2-16(21,12-7-9-18-10-8-12)15-20-19-14(22-15)11-3-5-13(17)6-4-11;1-2-9(15)11-14-13-10(16-11)7-3-5-8(12)6-4-7;6-5-1-3-7-4-2-5;1-2-4-6-5-3-1;/h3-10,21H,2H2,1H3;3-6H,2H2,1H3;1-4H;2-5H;/q;;;-1;+1. The van der Waals surface area contributed by atoms with Gasteiger partial charge in [0.05, 0.1) is 0 Å². The molecule has 52 heavy (non-hydrogen) atoms. The molecule has 0 aliphatic rings. The van der Waals surface area contributed by atoms with Gasteiger partial charge in [0.15, 0.2) is 15.8 Å². The average molecular weight is 842 g/mol. The van der Waals surface area contributed by atoms with Crippen molar-refractivity contribution in [3.63, 3.8) is 0 Å². The third kappa shape index (κ3) is 12.8. The molecule has 9 nitrogen and oxygen atoms in total. The van der Waals surface area contributed by atoms with Gasteiger partial charge >= 0.3 is 18.9 Å². The fraction of sp³-hybridized carbons (Fsp3) is 0.135. The maximum absolute atomic E-state index is 13.0. The van der Waals surface area contributed by atoms with Crippen molar-refractivity contribution in [3.05, 3.63) is 159 Å². The molecule has 15 heteroatoms. The maximum atomic E-state index is 13.0. The van der Waals surface area contributed by atoms with Crippen molar-refractivity contribution < 1.29 is 37.5 Å². The van der Waals surface area contributed by atoms with E-state index in [0.29, 0.717) is 32.9 Å². The minimum Gasteiger partial charge on any atom is -0.391 e. The molecule has 7 aromatic rings. The molecule has 0 saturated carbocycles. The first-order valence-electron chi connectivity index (χ1n) is 15.4. The van der Waals surface area contributed by atoms with Crippen LogP contribution in [0.25, 0.3) is 21.1 Å². The van der Waals surface area contributed by atoms with Crippen molar-refractivity contribution in [1.82, 2.24) is 35.3 Å². The van der Waals surface area contributed by atoms with E-state index >= 15 is 0 Å². The second kappa shape index (κ2) is 22.0. The van der Waals surface area contributed by atoms with Gasteiger partial charge in [-0.25, -0.2) is 8.78 Å². The van der Waals surface area contributed by atoms with Crippen molar-refractivity contribution in [1.29, 1.82) is 0 Å². The zero-order chi connectivity index (χ0) is 36.5. The molecule has 260 valence electrons. The van der Waals surface area contributed by atoms with Gasteiger partial charge in [-0.05, 0) is 107 Å². The smallest absolute Gasteiger partial charge is 0.391 e. The van der Waals surface area contributed by atoms with Crippen molar-refractivity contribution in [2.45, 2.75) is 32.3 Å². The zero-order valence-electron chi connectivity index (χ0n) is 28.4. The number of ketones is 1. The molecule has 0 bridgehead atoms. The first-order chi connectivity index (χ1) is 24.7. The van der Waals surface area contributed by atoms with Gasteiger partial charge in [-0.1, -0.05) is 48.9 Å². The van der Waals surface area contributed by atoms with Crippen molar-refractivity contribution in [3.8, 4) is 21.1 Å². The molecule has 5 heterocycles. The molecule has 7 rings (SSSR count). The summed E-state index contributed by atoms with van der Waals surface area (Å²) in [4.78, 5) is 22.9. The Bertz CT molecular complexity index is 2020. The molecule has 0 aliphatic heterocycles. The summed E-state index contributed by atoms with van der Waals surface area (Å²) in [6, 6.07) is 25.8. The van der Waals surface area contributed by atoms with E-state index in [2.05, 4.69) is 64.0 Å². The predicted molar refractivity (Wildman–Crippen MR) is 203 cm³/mol. The molecule has 2 aromatic carbocycles. The molecular weight excluding hydrogens is 810 g/mol. The SMILES string of the molecule is CCC(=O)c1nnc(-c2ccc(F)cc2)s1.CCC(O)(c1ccncc1)c1nnc(-c2ccc(F)cc2)s1.Ic1ccncc1.[Li+].[c-]1ccncc1. The van der Waals surface area contributed by atoms with Crippen molar-refractivity contribution in [2.75, 3.05) is 0 Å². The number of hydrogen-bond donors (Lipinski definition) is 1. The van der Waals surface area contributed by atoms with E-state index in [-0.39, 0.29) is 36.3 Å². The summed E-state index contributed by atoms with van der Waals surface area (Å²) in [5, 5.41) is 29.2. The number of pyridine rings is 3. The minimum absolute atomic E-state index is 0. The van der Waals surface area contributed by atoms with Crippen LogP contribution >= 0.6 is 45.3 Å². The number of carbonyl (C=O) groups excluding carboxylic acids is 1. The Kier molecular flexibility index (Phi) is 17.9. The van der Waals surface area contributed by atoms with Crippen LogP contribution in [0.1, 0.15) is 47.1 Å². The van der Waals surface area contributed by atoms with Crippen LogP contribution in [0.2, 0.25) is 0 Å². The van der Waals surface area contributed by atoms with Gasteiger partial charge < -0.3 is 10.1 Å². The predicted octanol–water partition coefficient (Wildman–Crippen LogP) is 5.89. The summed E-state index contributed by atoms with van der Waals surface area (Å²) >= 11 is 4.77. The van der Waals surface area contributed by atoms with Gasteiger partial charge in [-0.2, -0.15) is 18.2 Å². The summed E-state index contributed by atoms with van der Waals surface area (Å²) in [6.07, 6.45) is 11.1. The Hall–Kier alpha value is -4.17. The molecule has 1 atom stereocenters. The summed E-state index contributed by atoms with van der Waals surface area (Å²) in [7, 11) is 0. The van der Waals surface area contributed by atoms with E-state index in [9.17, 15) is 18.7 Å². The fourth-order valence-electron chi connectivity index (χ4n) is 4.01. The number of Topliss-reactive ketones (excluding diaryl/α,β-unsaturated/α-hetero) is 1.